The molecule has 4 nitrogen and oxygen atoms in total. The van der Waals surface area contributed by atoms with E-state index >= 15 is 0 Å². The average Bonchev–Trinajstić information content (AvgIpc) is 2.66. The van der Waals surface area contributed by atoms with Crippen molar-refractivity contribution < 1.29 is 9.90 Å². The lowest BCUT2D eigenvalue weighted by molar-refractivity contribution is 0.0696. The average molecular weight is 344 g/mol. The quantitative estimate of drug-likeness (QED) is 0.920. The zero-order chi connectivity index (χ0) is 14.2. The molecule has 1 N–H and O–H groups in total. The number of carboxylic acid groups (broad SMARTS) is 1. The molecule has 0 fully saturated rings. The summed E-state index contributed by atoms with van der Waals surface area (Å²) >= 11 is 9.54. The number of nitrogens with zero attached hydrogens (tertiary/aromatic N) is 2. The highest BCUT2D eigenvalue weighted by Gasteiger charge is 2.22. The number of aromatic carboxylic acids is 1. The molecule has 0 spiro atoms. The van der Waals surface area contributed by atoms with Crippen LogP contribution in [0.2, 0.25) is 5.15 Å². The molecule has 0 amide bonds. The van der Waals surface area contributed by atoms with E-state index in [0.29, 0.717) is 12.1 Å². The zero-order valence-electron chi connectivity index (χ0n) is 10.4. The molecule has 0 radical (unpaired) electrons. The number of aryl methyl sites for hydroxylation is 2. The topological polar surface area (TPSA) is 55.1 Å². The van der Waals surface area contributed by atoms with Crippen LogP contribution in [0.1, 0.15) is 28.5 Å². The third-order valence-electron chi connectivity index (χ3n) is 2.84. The Morgan fingerprint density at radius 2 is 2.21 bits per heavy atom. The van der Waals surface area contributed by atoms with Crippen LogP contribution in [0.25, 0.3) is 5.69 Å². The summed E-state index contributed by atoms with van der Waals surface area (Å²) in [6.45, 7) is 3.77. The summed E-state index contributed by atoms with van der Waals surface area (Å²) in [6.07, 6.45) is 0.518. The molecular formula is C13H12BrClN2O2. The maximum atomic E-state index is 11.2. The van der Waals surface area contributed by atoms with E-state index in [2.05, 4.69) is 21.0 Å². The summed E-state index contributed by atoms with van der Waals surface area (Å²) in [4.78, 5) is 11.2. The first kappa shape index (κ1) is 14.1. The van der Waals surface area contributed by atoms with Crippen LogP contribution in [-0.4, -0.2) is 20.9 Å². The number of carbonyl (C=O) groups is 1. The summed E-state index contributed by atoms with van der Waals surface area (Å²) < 4.78 is 2.43. The molecular weight excluding hydrogens is 332 g/mol. The number of aromatic nitrogens is 2. The Bertz CT molecular complexity index is 652. The Hall–Kier alpha value is -1.33. The normalized spacial score (nSPS) is 10.7. The summed E-state index contributed by atoms with van der Waals surface area (Å²) in [5.74, 6) is -1.05. The molecule has 0 atom stereocenters. The standard InChI is InChI=1S/C13H12BrClN2O2/c1-3-9-11(13(18)19)12(15)17(16-9)10-5-4-8(14)6-7(10)2/h4-6H,3H2,1-2H3,(H,18,19). The van der Waals surface area contributed by atoms with Gasteiger partial charge in [0.05, 0.1) is 11.4 Å². The number of halogens is 2. The minimum absolute atomic E-state index is 0.0754. The van der Waals surface area contributed by atoms with E-state index in [9.17, 15) is 9.90 Å². The van der Waals surface area contributed by atoms with Gasteiger partial charge in [-0.25, -0.2) is 9.48 Å². The predicted octanol–water partition coefficient (Wildman–Crippen LogP) is 3.86. The largest absolute Gasteiger partial charge is 0.478 e. The van der Waals surface area contributed by atoms with Gasteiger partial charge in [0, 0.05) is 4.47 Å². The van der Waals surface area contributed by atoms with E-state index in [1.165, 1.54) is 4.68 Å². The van der Waals surface area contributed by atoms with Gasteiger partial charge >= 0.3 is 5.97 Å². The second-order valence-corrected chi connectivity index (χ2v) is 5.39. The summed E-state index contributed by atoms with van der Waals surface area (Å²) in [6, 6.07) is 5.65. The van der Waals surface area contributed by atoms with Gasteiger partial charge in [-0.2, -0.15) is 5.10 Å². The lowest BCUT2D eigenvalue weighted by Crippen LogP contribution is -2.01. The van der Waals surface area contributed by atoms with E-state index < -0.39 is 5.97 Å². The molecule has 100 valence electrons. The van der Waals surface area contributed by atoms with Crippen molar-refractivity contribution in [2.45, 2.75) is 20.3 Å². The Morgan fingerprint density at radius 1 is 1.53 bits per heavy atom. The predicted molar refractivity (Wildman–Crippen MR) is 77.3 cm³/mol. The van der Waals surface area contributed by atoms with Crippen LogP contribution >= 0.6 is 27.5 Å². The second-order valence-electron chi connectivity index (χ2n) is 4.11. The lowest BCUT2D eigenvalue weighted by atomic mass is 10.2. The lowest BCUT2D eigenvalue weighted by Gasteiger charge is -2.07. The third-order valence-corrected chi connectivity index (χ3v) is 3.68. The molecule has 19 heavy (non-hydrogen) atoms. The first-order valence-corrected chi connectivity index (χ1v) is 6.90. The van der Waals surface area contributed by atoms with Gasteiger partial charge < -0.3 is 5.11 Å². The summed E-state index contributed by atoms with van der Waals surface area (Å²) in [7, 11) is 0. The Kier molecular flexibility index (Phi) is 3.96. The third kappa shape index (κ3) is 2.53. The van der Waals surface area contributed by atoms with Crippen molar-refractivity contribution in [1.82, 2.24) is 9.78 Å². The number of hydrogen-bond acceptors (Lipinski definition) is 2. The van der Waals surface area contributed by atoms with Crippen LogP contribution < -0.4 is 0 Å². The van der Waals surface area contributed by atoms with Crippen LogP contribution in [0.4, 0.5) is 0 Å². The van der Waals surface area contributed by atoms with Crippen LogP contribution in [0.15, 0.2) is 22.7 Å². The highest BCUT2D eigenvalue weighted by molar-refractivity contribution is 9.10. The maximum absolute atomic E-state index is 11.2. The van der Waals surface area contributed by atoms with Gasteiger partial charge in [-0.1, -0.05) is 34.5 Å². The highest BCUT2D eigenvalue weighted by atomic mass is 79.9. The van der Waals surface area contributed by atoms with E-state index in [1.54, 1.807) is 0 Å². The first-order valence-electron chi connectivity index (χ1n) is 5.73. The molecule has 2 rings (SSSR count). The summed E-state index contributed by atoms with van der Waals surface area (Å²) in [5, 5.41) is 13.6. The van der Waals surface area contributed by atoms with Gasteiger partial charge in [0.1, 0.15) is 10.7 Å². The van der Waals surface area contributed by atoms with Crippen molar-refractivity contribution in [3.8, 4) is 5.69 Å². The maximum Gasteiger partial charge on any atom is 0.340 e. The van der Waals surface area contributed by atoms with Crippen LogP contribution in [0.3, 0.4) is 0 Å². The first-order chi connectivity index (χ1) is 8.95. The highest BCUT2D eigenvalue weighted by Crippen LogP contribution is 2.27. The molecule has 0 aliphatic carbocycles. The van der Waals surface area contributed by atoms with Crippen molar-refractivity contribution >= 4 is 33.5 Å². The Labute approximate surface area is 124 Å². The van der Waals surface area contributed by atoms with Crippen molar-refractivity contribution in [1.29, 1.82) is 0 Å². The van der Waals surface area contributed by atoms with Crippen molar-refractivity contribution in [3.63, 3.8) is 0 Å². The zero-order valence-corrected chi connectivity index (χ0v) is 12.8. The molecule has 0 bridgehead atoms. The van der Waals surface area contributed by atoms with Gasteiger partial charge in [0.2, 0.25) is 0 Å². The Balaban J connectivity index is 2.66. The van der Waals surface area contributed by atoms with E-state index in [-0.39, 0.29) is 10.7 Å². The monoisotopic (exact) mass is 342 g/mol. The molecule has 0 saturated heterocycles. The van der Waals surface area contributed by atoms with Crippen LogP contribution in [-0.2, 0) is 6.42 Å². The van der Waals surface area contributed by atoms with Gasteiger partial charge in [-0.05, 0) is 37.1 Å². The molecule has 0 saturated carbocycles. The van der Waals surface area contributed by atoms with E-state index in [0.717, 1.165) is 15.7 Å². The molecule has 6 heteroatoms. The van der Waals surface area contributed by atoms with Gasteiger partial charge in [0.25, 0.3) is 0 Å². The Morgan fingerprint density at radius 3 is 2.68 bits per heavy atom. The smallest absolute Gasteiger partial charge is 0.340 e. The number of rotatable bonds is 3. The molecule has 0 aliphatic rings. The van der Waals surface area contributed by atoms with Gasteiger partial charge in [-0.3, -0.25) is 0 Å². The molecule has 2 aromatic rings. The molecule has 1 aromatic carbocycles. The molecule has 1 heterocycles. The van der Waals surface area contributed by atoms with Gasteiger partial charge in [0.15, 0.2) is 0 Å². The minimum Gasteiger partial charge on any atom is -0.478 e. The van der Waals surface area contributed by atoms with Crippen LogP contribution in [0.5, 0.6) is 0 Å². The van der Waals surface area contributed by atoms with Crippen LogP contribution in [0, 0.1) is 6.92 Å². The fraction of sp³-hybridized carbons (Fsp3) is 0.231. The van der Waals surface area contributed by atoms with Crippen molar-refractivity contribution in [2.75, 3.05) is 0 Å². The molecule has 0 aliphatic heterocycles. The number of benzene rings is 1. The van der Waals surface area contributed by atoms with Crippen molar-refractivity contribution in [3.05, 3.63) is 44.6 Å². The van der Waals surface area contributed by atoms with Crippen molar-refractivity contribution in [2.24, 2.45) is 0 Å². The fourth-order valence-corrected chi connectivity index (χ4v) is 2.71. The number of carboxylic acids is 1. The van der Waals surface area contributed by atoms with E-state index in [4.69, 9.17) is 11.6 Å². The second kappa shape index (κ2) is 5.35. The SMILES string of the molecule is CCc1nn(-c2ccc(Br)cc2C)c(Cl)c1C(=O)O. The molecule has 1 aromatic heterocycles. The molecule has 0 unspecified atom stereocenters. The number of hydrogen-bond donors (Lipinski definition) is 1. The minimum atomic E-state index is -1.05. The van der Waals surface area contributed by atoms with Gasteiger partial charge in [-0.15, -0.1) is 0 Å². The summed E-state index contributed by atoms with van der Waals surface area (Å²) in [5.41, 5.74) is 2.29. The fourth-order valence-electron chi connectivity index (χ4n) is 1.91. The van der Waals surface area contributed by atoms with E-state index in [1.807, 2.05) is 32.0 Å².